The third-order valence-electron chi connectivity index (χ3n) is 6.23. The van der Waals surface area contributed by atoms with Crippen LogP contribution in [0.5, 0.6) is 0 Å². The molecule has 0 fully saturated rings. The predicted molar refractivity (Wildman–Crippen MR) is 143 cm³/mol. The molecule has 6 heteroatoms. The first kappa shape index (κ1) is 22.6. The van der Waals surface area contributed by atoms with Crippen LogP contribution < -0.4 is 9.71 Å². The van der Waals surface area contributed by atoms with Crippen molar-refractivity contribution >= 4 is 35.4 Å². The number of nitrogens with zero attached hydrogens (tertiary/aromatic N) is 3. The maximum atomic E-state index is 16.9. The highest BCUT2D eigenvalue weighted by Gasteiger charge is 2.54. The van der Waals surface area contributed by atoms with Crippen LogP contribution in [0.25, 0.3) is 5.70 Å². The van der Waals surface area contributed by atoms with Gasteiger partial charge < -0.3 is 22.8 Å². The molecule has 0 aliphatic carbocycles. The lowest BCUT2D eigenvalue weighted by Crippen LogP contribution is -2.57. The molecule has 5 rings (SSSR count). The third-order valence-corrected chi connectivity index (χ3v) is 6.23. The van der Waals surface area contributed by atoms with Crippen molar-refractivity contribution in [1.82, 2.24) is 0 Å². The van der Waals surface area contributed by atoms with Crippen molar-refractivity contribution in [3.05, 3.63) is 132 Å². The number of anilines is 2. The second-order valence-corrected chi connectivity index (χ2v) is 8.72. The summed E-state index contributed by atoms with van der Waals surface area (Å²) in [7, 11) is 3.87. The highest BCUT2D eigenvalue weighted by molar-refractivity contribution is 6.67. The van der Waals surface area contributed by atoms with Gasteiger partial charge in [0.15, 0.2) is 11.4 Å². The largest absolute Gasteiger partial charge is 0.737 e. The molecule has 0 saturated heterocycles. The molecule has 0 saturated carbocycles. The van der Waals surface area contributed by atoms with Gasteiger partial charge in [0.05, 0.1) is 0 Å². The fourth-order valence-corrected chi connectivity index (χ4v) is 4.52. The van der Waals surface area contributed by atoms with Gasteiger partial charge in [-0.25, -0.2) is 0 Å². The van der Waals surface area contributed by atoms with Gasteiger partial charge in [0.2, 0.25) is 0 Å². The van der Waals surface area contributed by atoms with Gasteiger partial charge in [0.25, 0.3) is 0 Å². The standard InChI is InChI=1S/C29H26BF2N3/c1-33(2)25-18-20-27(21-19-25)35-29(24-14-8-4-9-15-24)22-28(23-12-6-3-7-13-23)34(30(35,31)32)26-16-10-5-11-17-26/h3-22H,1-2H3. The van der Waals surface area contributed by atoms with Crippen molar-refractivity contribution in [2.24, 2.45) is 0 Å². The summed E-state index contributed by atoms with van der Waals surface area (Å²) in [6.07, 6.45) is 1.87. The summed E-state index contributed by atoms with van der Waals surface area (Å²) in [6.45, 7) is -4.26. The van der Waals surface area contributed by atoms with E-state index in [0.29, 0.717) is 22.8 Å². The van der Waals surface area contributed by atoms with Gasteiger partial charge in [-0.1, -0.05) is 66.7 Å². The van der Waals surface area contributed by atoms with E-state index >= 15 is 8.63 Å². The van der Waals surface area contributed by atoms with Crippen LogP contribution in [0.1, 0.15) is 11.1 Å². The van der Waals surface area contributed by atoms with Gasteiger partial charge in [-0.2, -0.15) is 0 Å². The van der Waals surface area contributed by atoms with E-state index in [-0.39, 0.29) is 0 Å². The fraction of sp³-hybridized carbons (Fsp3) is 0.0690. The van der Waals surface area contributed by atoms with E-state index in [9.17, 15) is 0 Å². The van der Waals surface area contributed by atoms with E-state index < -0.39 is 6.97 Å². The first-order chi connectivity index (χ1) is 17.0. The molecule has 1 aliphatic rings. The van der Waals surface area contributed by atoms with Crippen molar-refractivity contribution in [3.8, 4) is 0 Å². The summed E-state index contributed by atoms with van der Waals surface area (Å²) in [5.41, 5.74) is 4.20. The van der Waals surface area contributed by atoms with Gasteiger partial charge in [-0.15, -0.1) is 0 Å². The van der Waals surface area contributed by atoms with Crippen molar-refractivity contribution in [2.75, 3.05) is 23.8 Å². The van der Waals surface area contributed by atoms with E-state index in [1.165, 1.54) is 9.30 Å². The van der Waals surface area contributed by atoms with Crippen LogP contribution in [0.3, 0.4) is 0 Å². The molecular formula is C29H26BF2N3. The Kier molecular flexibility index (Phi) is 5.95. The molecule has 174 valence electrons. The molecule has 0 aromatic heterocycles. The number of rotatable bonds is 5. The molecule has 0 atom stereocenters. The van der Waals surface area contributed by atoms with E-state index in [4.69, 9.17) is 0 Å². The summed E-state index contributed by atoms with van der Waals surface area (Å²) in [5.74, 6) is 0. The molecule has 0 bridgehead atoms. The van der Waals surface area contributed by atoms with Crippen LogP contribution in [0.2, 0.25) is 0 Å². The van der Waals surface area contributed by atoms with E-state index in [1.54, 1.807) is 36.4 Å². The molecular weight excluding hydrogens is 439 g/mol. The summed E-state index contributed by atoms with van der Waals surface area (Å²) in [6, 6.07) is 34.9. The number of halogens is 2. The molecule has 35 heavy (non-hydrogen) atoms. The first-order valence-corrected chi connectivity index (χ1v) is 11.6. The van der Waals surface area contributed by atoms with Gasteiger partial charge in [-0.05, 0) is 42.0 Å². The predicted octanol–water partition coefficient (Wildman–Crippen LogP) is 6.82. The van der Waals surface area contributed by atoms with Crippen LogP contribution in [0, 0.1) is 0 Å². The normalized spacial score (nSPS) is 15.1. The molecule has 0 N–H and O–H groups in total. The minimum atomic E-state index is -4.26. The van der Waals surface area contributed by atoms with Crippen molar-refractivity contribution < 1.29 is 13.1 Å². The maximum Gasteiger partial charge on any atom is 0.737 e. The molecule has 3 nitrogen and oxygen atoms in total. The number of para-hydroxylation sites is 1. The third kappa shape index (κ3) is 4.23. The number of hydrogen-bond donors (Lipinski definition) is 0. The molecule has 0 amide bonds. The maximum absolute atomic E-state index is 16.9. The second-order valence-electron chi connectivity index (χ2n) is 8.72. The Balaban J connectivity index is 1.82. The average Bonchev–Trinajstić information content (AvgIpc) is 2.89. The highest BCUT2D eigenvalue weighted by atomic mass is 19.2. The summed E-state index contributed by atoms with van der Waals surface area (Å²) in [4.78, 5) is 3.14. The SMILES string of the molecule is CN(C)c1ccc([N+]2=C(c3ccccc3)C=C(c3ccccc3)N(c3ccccc3)[B-]2(F)F)cc1. The Morgan fingerprint density at radius 2 is 1.17 bits per heavy atom. The summed E-state index contributed by atoms with van der Waals surface area (Å²) in [5, 5.41) is 0. The van der Waals surface area contributed by atoms with Gasteiger partial charge >= 0.3 is 6.97 Å². The number of hydrogen-bond acceptors (Lipinski definition) is 2. The molecule has 4 aromatic carbocycles. The first-order valence-electron chi connectivity index (χ1n) is 11.6. The molecule has 0 spiro atoms. The minimum Gasteiger partial charge on any atom is -0.390 e. The number of allylic oxidation sites excluding steroid dienone is 1. The number of benzene rings is 4. The van der Waals surface area contributed by atoms with Crippen LogP contribution >= 0.6 is 0 Å². The Bertz CT molecular complexity index is 1370. The highest BCUT2D eigenvalue weighted by Crippen LogP contribution is 2.40. The van der Waals surface area contributed by atoms with E-state index in [2.05, 4.69) is 0 Å². The average molecular weight is 465 g/mol. The Morgan fingerprint density at radius 1 is 0.657 bits per heavy atom. The lowest BCUT2D eigenvalue weighted by molar-refractivity contribution is -0.326. The van der Waals surface area contributed by atoms with Crippen LogP contribution in [0.4, 0.5) is 25.7 Å². The molecule has 0 radical (unpaired) electrons. The van der Waals surface area contributed by atoms with Gasteiger partial charge in [-0.3, -0.25) is 0 Å². The fourth-order valence-electron chi connectivity index (χ4n) is 4.52. The zero-order chi connectivity index (χ0) is 24.4. The minimum absolute atomic E-state index is 0.434. The van der Waals surface area contributed by atoms with Crippen molar-refractivity contribution in [3.63, 3.8) is 0 Å². The Hall–Kier alpha value is -4.19. The monoisotopic (exact) mass is 465 g/mol. The van der Waals surface area contributed by atoms with Crippen molar-refractivity contribution in [2.45, 2.75) is 0 Å². The molecule has 0 unspecified atom stereocenters. The lowest BCUT2D eigenvalue weighted by Gasteiger charge is -2.41. The smallest absolute Gasteiger partial charge is 0.390 e. The summed E-state index contributed by atoms with van der Waals surface area (Å²) >= 11 is 0. The lowest BCUT2D eigenvalue weighted by atomic mass is 9.82. The quantitative estimate of drug-likeness (QED) is 0.299. The molecule has 1 heterocycles. The van der Waals surface area contributed by atoms with E-state index in [1.807, 2.05) is 104 Å². The summed E-state index contributed by atoms with van der Waals surface area (Å²) < 4.78 is 34.9. The van der Waals surface area contributed by atoms with Gasteiger partial charge in [0.1, 0.15) is 0 Å². The Labute approximate surface area is 204 Å². The van der Waals surface area contributed by atoms with Crippen LogP contribution in [-0.4, -0.2) is 31.3 Å². The van der Waals surface area contributed by atoms with Crippen molar-refractivity contribution in [1.29, 1.82) is 0 Å². The molecule has 4 aromatic rings. The van der Waals surface area contributed by atoms with Gasteiger partial charge in [0, 0.05) is 54.9 Å². The van der Waals surface area contributed by atoms with Crippen LogP contribution in [0.15, 0.2) is 121 Å². The zero-order valence-corrected chi connectivity index (χ0v) is 19.7. The Morgan fingerprint density at radius 3 is 1.71 bits per heavy atom. The van der Waals surface area contributed by atoms with Crippen LogP contribution in [-0.2, 0) is 0 Å². The van der Waals surface area contributed by atoms with E-state index in [0.717, 1.165) is 16.8 Å². The second kappa shape index (κ2) is 9.22. The molecule has 1 aliphatic heterocycles. The zero-order valence-electron chi connectivity index (χ0n) is 19.7. The topological polar surface area (TPSA) is 9.49 Å².